The molecule has 0 saturated carbocycles. The summed E-state index contributed by atoms with van der Waals surface area (Å²) in [5, 5.41) is 2.76. The van der Waals surface area contributed by atoms with Gasteiger partial charge in [-0.1, -0.05) is 17.8 Å². The van der Waals surface area contributed by atoms with E-state index in [4.69, 9.17) is 10.5 Å². The maximum absolute atomic E-state index is 16.2. The molecule has 1 fully saturated rings. The second-order valence-electron chi connectivity index (χ2n) is 8.17. The second-order valence-corrected chi connectivity index (χ2v) is 9.16. The Morgan fingerprint density at radius 1 is 1.38 bits per heavy atom. The molecule has 2 aliphatic heterocycles. The number of alkyl halides is 2. The van der Waals surface area contributed by atoms with Gasteiger partial charge in [-0.05, 0) is 43.7 Å². The first-order chi connectivity index (χ1) is 15.1. The molecule has 4 atom stereocenters. The molecule has 1 aromatic heterocycles. The lowest BCUT2D eigenvalue weighted by Gasteiger charge is -2.49. The summed E-state index contributed by atoms with van der Waals surface area (Å²) in [5.41, 5.74) is 3.30. The van der Waals surface area contributed by atoms with Gasteiger partial charge in [0.25, 0.3) is 5.91 Å². The van der Waals surface area contributed by atoms with Gasteiger partial charge in [0.15, 0.2) is 10.8 Å². The van der Waals surface area contributed by atoms with Gasteiger partial charge in [-0.25, -0.2) is 18.2 Å². The number of rotatable bonds is 4. The van der Waals surface area contributed by atoms with Gasteiger partial charge >= 0.3 is 0 Å². The molecule has 32 heavy (non-hydrogen) atoms. The second kappa shape index (κ2) is 8.40. The molecule has 2 aromatic rings. The average Bonchev–Trinajstić information content (AvgIpc) is 2.74. The fourth-order valence-electron chi connectivity index (χ4n) is 4.07. The van der Waals surface area contributed by atoms with Crippen LogP contribution in [0.3, 0.4) is 0 Å². The third-order valence-corrected chi connectivity index (χ3v) is 6.78. The Bertz CT molecular complexity index is 1070. The molecule has 4 rings (SSSR count). The number of carbonyl (C=O) groups excluding carboxylic acids is 1. The van der Waals surface area contributed by atoms with Gasteiger partial charge < -0.3 is 15.8 Å². The fraction of sp³-hybridized carbons (Fsp3) is 0.409. The number of hydrogen-bond donors (Lipinski definition) is 2. The number of hydrogen-bond acceptors (Lipinski definition) is 6. The Balaban J connectivity index is 1.68. The van der Waals surface area contributed by atoms with E-state index in [0.717, 1.165) is 17.8 Å². The molecular weight excluding hydrogens is 441 g/mol. The Morgan fingerprint density at radius 2 is 2.16 bits per heavy atom. The maximum atomic E-state index is 16.2. The van der Waals surface area contributed by atoms with Crippen LogP contribution in [-0.4, -0.2) is 40.2 Å². The van der Waals surface area contributed by atoms with Crippen molar-refractivity contribution in [2.45, 2.75) is 43.8 Å². The molecule has 0 spiro atoms. The lowest BCUT2D eigenvalue weighted by Crippen LogP contribution is -2.60. The highest BCUT2D eigenvalue weighted by atomic mass is 32.2. The van der Waals surface area contributed by atoms with Crippen LogP contribution in [0.5, 0.6) is 0 Å². The Morgan fingerprint density at radius 3 is 2.84 bits per heavy atom. The first-order valence-corrected chi connectivity index (χ1v) is 11.1. The van der Waals surface area contributed by atoms with Crippen LogP contribution in [0.25, 0.3) is 0 Å². The van der Waals surface area contributed by atoms with E-state index in [1.807, 2.05) is 0 Å². The van der Waals surface area contributed by atoms with Crippen LogP contribution >= 0.6 is 11.8 Å². The lowest BCUT2D eigenvalue weighted by molar-refractivity contribution is -0.106. The van der Waals surface area contributed by atoms with Crippen molar-refractivity contribution < 1.29 is 22.7 Å². The zero-order valence-electron chi connectivity index (χ0n) is 17.6. The Labute approximate surface area is 187 Å². The first-order valence-electron chi connectivity index (χ1n) is 10.1. The van der Waals surface area contributed by atoms with Gasteiger partial charge in [0.2, 0.25) is 0 Å². The zero-order valence-corrected chi connectivity index (χ0v) is 18.4. The Hall–Kier alpha value is -2.59. The van der Waals surface area contributed by atoms with E-state index in [2.05, 4.69) is 15.3 Å². The van der Waals surface area contributed by atoms with Gasteiger partial charge in [0.1, 0.15) is 23.2 Å². The van der Waals surface area contributed by atoms with Crippen LogP contribution in [0.15, 0.2) is 41.5 Å². The van der Waals surface area contributed by atoms with Crippen molar-refractivity contribution in [3.63, 3.8) is 0 Å². The van der Waals surface area contributed by atoms with Crippen molar-refractivity contribution >= 4 is 28.5 Å². The van der Waals surface area contributed by atoms with Crippen molar-refractivity contribution in [3.05, 3.63) is 59.2 Å². The molecule has 1 amide bonds. The monoisotopic (exact) mass is 464 g/mol. The molecule has 0 aliphatic carbocycles. The van der Waals surface area contributed by atoms with E-state index in [9.17, 15) is 13.6 Å². The largest absolute Gasteiger partial charge is 0.379 e. The number of thioether (sulfide) groups is 1. The number of nitrogens with zero attached hydrogens (tertiary/aromatic N) is 2. The highest BCUT2D eigenvalue weighted by molar-refractivity contribution is 8.13. The minimum absolute atomic E-state index is 0.0318. The van der Waals surface area contributed by atoms with Gasteiger partial charge in [-0.3, -0.25) is 9.78 Å². The number of carbonyl (C=O) groups is 1. The molecule has 1 aromatic carbocycles. The maximum Gasteiger partial charge on any atom is 0.274 e. The number of amides is 1. The fourth-order valence-corrected chi connectivity index (χ4v) is 5.03. The summed E-state index contributed by atoms with van der Waals surface area (Å²) < 4.78 is 49.8. The summed E-state index contributed by atoms with van der Waals surface area (Å²) in [6.07, 6.45) is -0.187. The van der Waals surface area contributed by atoms with E-state index >= 15 is 4.39 Å². The number of nitrogens with two attached hydrogens (primary N) is 1. The van der Waals surface area contributed by atoms with E-state index in [1.54, 1.807) is 6.92 Å². The lowest BCUT2D eigenvalue weighted by atomic mass is 9.73. The van der Waals surface area contributed by atoms with E-state index in [-0.39, 0.29) is 47.0 Å². The van der Waals surface area contributed by atoms with E-state index in [1.165, 1.54) is 37.4 Å². The molecule has 170 valence electrons. The molecule has 3 heterocycles. The third-order valence-electron chi connectivity index (χ3n) is 5.79. The van der Waals surface area contributed by atoms with E-state index in [0.29, 0.717) is 5.56 Å². The van der Waals surface area contributed by atoms with Crippen LogP contribution in [0.2, 0.25) is 0 Å². The van der Waals surface area contributed by atoms with Crippen molar-refractivity contribution in [1.82, 2.24) is 4.98 Å². The van der Waals surface area contributed by atoms with Crippen molar-refractivity contribution in [2.24, 2.45) is 10.7 Å². The summed E-state index contributed by atoms with van der Waals surface area (Å²) >= 11 is 1.12. The summed E-state index contributed by atoms with van der Waals surface area (Å²) in [4.78, 5) is 20.9. The number of pyridine rings is 1. The highest BCUT2D eigenvalue weighted by Gasteiger charge is 2.59. The molecule has 10 heteroatoms. The summed E-state index contributed by atoms with van der Waals surface area (Å²) in [7, 11) is 0. The van der Waals surface area contributed by atoms with Crippen LogP contribution in [-0.2, 0) is 10.3 Å². The minimum atomic E-state index is -1.80. The number of ether oxygens (including phenoxy) is 1. The summed E-state index contributed by atoms with van der Waals surface area (Å²) in [6.45, 7) is 3.04. The molecule has 6 nitrogen and oxygen atoms in total. The molecule has 2 aliphatic rings. The van der Waals surface area contributed by atoms with Crippen LogP contribution < -0.4 is 11.1 Å². The molecular formula is C22H23F3N4O2S. The molecule has 3 N–H and O–H groups in total. The number of fused-ring (bicyclic) bond motifs is 1. The standard InChI is InChI=1S/C22H23F3N4O2S/c1-12-8-21(25)11-32-20(26)29-22(21,10-31-12)15-5-16(24)7-17(6-15)28-19(30)18-4-3-14(9-27-18)13(2)23/h3-7,9,12-13H,8,10-11H2,1-2H3,(H2,26,29)(H,28,30)/t12-,13?,21+,22+/m0/s1. The van der Waals surface area contributed by atoms with Crippen molar-refractivity contribution in [2.75, 3.05) is 17.7 Å². The molecule has 0 radical (unpaired) electrons. The normalized spacial score (nSPS) is 28.4. The zero-order chi connectivity index (χ0) is 23.1. The molecule has 0 bridgehead atoms. The van der Waals surface area contributed by atoms with Crippen molar-refractivity contribution in [3.8, 4) is 0 Å². The smallest absolute Gasteiger partial charge is 0.274 e. The van der Waals surface area contributed by atoms with Gasteiger partial charge in [0, 0.05) is 29.6 Å². The summed E-state index contributed by atoms with van der Waals surface area (Å²) in [6, 6.07) is 6.61. The summed E-state index contributed by atoms with van der Waals surface area (Å²) in [5.74, 6) is -1.22. The van der Waals surface area contributed by atoms with E-state index < -0.39 is 29.1 Å². The van der Waals surface area contributed by atoms with Gasteiger partial charge in [-0.15, -0.1) is 0 Å². The van der Waals surface area contributed by atoms with Crippen LogP contribution in [0.1, 0.15) is 48.1 Å². The predicted octanol–water partition coefficient (Wildman–Crippen LogP) is 4.28. The topological polar surface area (TPSA) is 89.6 Å². The number of amidine groups is 1. The highest BCUT2D eigenvalue weighted by Crippen LogP contribution is 2.51. The minimum Gasteiger partial charge on any atom is -0.379 e. The number of halogens is 3. The predicted molar refractivity (Wildman–Crippen MR) is 118 cm³/mol. The quantitative estimate of drug-likeness (QED) is 0.705. The van der Waals surface area contributed by atoms with Crippen molar-refractivity contribution in [1.29, 1.82) is 0 Å². The molecule has 1 unspecified atom stereocenters. The Kier molecular flexibility index (Phi) is 5.93. The number of anilines is 1. The third kappa shape index (κ3) is 4.09. The number of nitrogens with one attached hydrogen (secondary N) is 1. The van der Waals surface area contributed by atoms with Crippen LogP contribution in [0.4, 0.5) is 18.9 Å². The van der Waals surface area contributed by atoms with Crippen LogP contribution in [0, 0.1) is 5.82 Å². The first kappa shape index (κ1) is 22.6. The number of aliphatic imine (C=N–C) groups is 1. The SMILES string of the molecule is CC(F)c1ccc(C(=O)Nc2cc(F)cc([C@]34CO[C@@H](C)C[C@@]3(F)CSC(N)=N4)c2)nc1. The number of benzene rings is 1. The van der Waals surface area contributed by atoms with Gasteiger partial charge in [-0.2, -0.15) is 0 Å². The number of aromatic nitrogens is 1. The molecule has 1 saturated heterocycles. The van der Waals surface area contributed by atoms with Gasteiger partial charge in [0.05, 0.1) is 12.7 Å². The average molecular weight is 465 g/mol.